The van der Waals surface area contributed by atoms with Gasteiger partial charge in [-0.3, -0.25) is 19.2 Å². The third-order valence-electron chi connectivity index (χ3n) is 7.27. The van der Waals surface area contributed by atoms with Crippen molar-refractivity contribution in [1.29, 1.82) is 0 Å². The first-order chi connectivity index (χ1) is 18.5. The van der Waals surface area contributed by atoms with E-state index in [1.807, 2.05) is 12.1 Å². The summed E-state index contributed by atoms with van der Waals surface area (Å²) >= 11 is 6.02. The van der Waals surface area contributed by atoms with Crippen LogP contribution in [0.4, 0.5) is 10.5 Å². The monoisotopic (exact) mass is 576 g/mol. The molecule has 2 aliphatic rings. The van der Waals surface area contributed by atoms with Gasteiger partial charge in [0.1, 0.15) is 12.1 Å². The normalized spacial score (nSPS) is 19.0. The molecule has 10 nitrogen and oxygen atoms in total. The number of amides is 3. The summed E-state index contributed by atoms with van der Waals surface area (Å²) in [5, 5.41) is 12.9. The van der Waals surface area contributed by atoms with Crippen LogP contribution in [0.25, 0.3) is 0 Å². The molecule has 2 aromatic rings. The Morgan fingerprint density at radius 1 is 1.03 bits per heavy atom. The zero-order valence-electron chi connectivity index (χ0n) is 21.7. The van der Waals surface area contributed by atoms with E-state index in [9.17, 15) is 27.9 Å². The summed E-state index contributed by atoms with van der Waals surface area (Å²) < 4.78 is 26.2. The number of benzene rings is 2. The zero-order chi connectivity index (χ0) is 28.2. The highest BCUT2D eigenvalue weighted by Gasteiger charge is 2.37. The molecule has 0 aromatic heterocycles. The number of carbonyl (C=O) groups is 3. The van der Waals surface area contributed by atoms with E-state index in [0.29, 0.717) is 49.5 Å². The maximum atomic E-state index is 13.7. The molecule has 2 aromatic carbocycles. The molecule has 4 rings (SSSR count). The second kappa shape index (κ2) is 12.3. The first-order valence-corrected chi connectivity index (χ1v) is 15.2. The molecule has 0 saturated carbocycles. The zero-order valence-corrected chi connectivity index (χ0v) is 23.2. The maximum Gasteiger partial charge on any atom is 0.407 e. The molecule has 0 spiro atoms. The number of nitrogens with zero attached hydrogens (tertiary/aromatic N) is 2. The number of rotatable bonds is 8. The van der Waals surface area contributed by atoms with Crippen LogP contribution in [-0.4, -0.2) is 79.2 Å². The van der Waals surface area contributed by atoms with Gasteiger partial charge in [-0.25, -0.2) is 13.2 Å². The molecule has 0 aliphatic carbocycles. The second-order valence-electron chi connectivity index (χ2n) is 10.1. The van der Waals surface area contributed by atoms with Gasteiger partial charge in [-0.05, 0) is 60.9 Å². The summed E-state index contributed by atoms with van der Waals surface area (Å²) in [5.74, 6) is -0.650. The van der Waals surface area contributed by atoms with Crippen molar-refractivity contribution >= 4 is 45.2 Å². The third-order valence-corrected chi connectivity index (χ3v) is 8.11. The molecule has 2 aliphatic heterocycles. The van der Waals surface area contributed by atoms with Crippen LogP contribution < -0.4 is 10.0 Å². The number of nitrogens with one attached hydrogen (secondary N) is 2. The minimum atomic E-state index is -3.44. The van der Waals surface area contributed by atoms with Gasteiger partial charge in [-0.1, -0.05) is 41.9 Å². The van der Waals surface area contributed by atoms with Crippen LogP contribution in [0.3, 0.4) is 0 Å². The molecule has 2 saturated heterocycles. The van der Waals surface area contributed by atoms with Crippen LogP contribution in [0.2, 0.25) is 5.02 Å². The molecule has 0 radical (unpaired) electrons. The largest absolute Gasteiger partial charge is 0.465 e. The maximum absolute atomic E-state index is 13.7. The van der Waals surface area contributed by atoms with E-state index in [4.69, 9.17) is 11.6 Å². The van der Waals surface area contributed by atoms with E-state index in [1.54, 1.807) is 41.3 Å². The van der Waals surface area contributed by atoms with E-state index >= 15 is 0 Å². The van der Waals surface area contributed by atoms with Gasteiger partial charge < -0.3 is 15.3 Å². The third kappa shape index (κ3) is 7.42. The SMILES string of the molecule is CS(=O)(=O)Nc1ccccc1C1CCN(C(=O)[C@@H](Cc2ccc(Cl)cc2)NC(=O)[C@@H]2CCCN2C(=O)O)CC1. The molecule has 3 N–H and O–H groups in total. The fraction of sp³-hybridized carbons (Fsp3) is 0.444. The number of para-hydroxylation sites is 1. The Morgan fingerprint density at radius 2 is 1.69 bits per heavy atom. The summed E-state index contributed by atoms with van der Waals surface area (Å²) in [5.41, 5.74) is 2.24. The molecular formula is C27H33ClN4O6S. The van der Waals surface area contributed by atoms with E-state index in [1.165, 1.54) is 0 Å². The topological polar surface area (TPSA) is 136 Å². The van der Waals surface area contributed by atoms with Crippen molar-refractivity contribution in [2.24, 2.45) is 0 Å². The lowest BCUT2D eigenvalue weighted by Crippen LogP contribution is -2.55. The number of sulfonamides is 1. The second-order valence-corrected chi connectivity index (χ2v) is 12.3. The Morgan fingerprint density at radius 3 is 2.33 bits per heavy atom. The summed E-state index contributed by atoms with van der Waals surface area (Å²) in [6.45, 7) is 1.16. The molecule has 0 unspecified atom stereocenters. The first-order valence-electron chi connectivity index (χ1n) is 12.9. The molecule has 2 atom stereocenters. The van der Waals surface area contributed by atoms with Gasteiger partial charge in [0.25, 0.3) is 0 Å². The molecule has 2 heterocycles. The fourth-order valence-electron chi connectivity index (χ4n) is 5.37. The van der Waals surface area contributed by atoms with E-state index < -0.39 is 34.1 Å². The van der Waals surface area contributed by atoms with Crippen LogP contribution in [0.15, 0.2) is 48.5 Å². The van der Waals surface area contributed by atoms with Crippen molar-refractivity contribution < 1.29 is 27.9 Å². The lowest BCUT2D eigenvalue weighted by molar-refractivity contribution is -0.138. The van der Waals surface area contributed by atoms with Gasteiger partial charge in [-0.2, -0.15) is 0 Å². The van der Waals surface area contributed by atoms with Crippen molar-refractivity contribution in [2.75, 3.05) is 30.6 Å². The van der Waals surface area contributed by atoms with Gasteiger partial charge in [0.2, 0.25) is 21.8 Å². The Kier molecular flexibility index (Phi) is 9.01. The van der Waals surface area contributed by atoms with E-state index in [-0.39, 0.29) is 24.8 Å². The minimum absolute atomic E-state index is 0.0615. The van der Waals surface area contributed by atoms with Crippen molar-refractivity contribution in [3.05, 3.63) is 64.7 Å². The van der Waals surface area contributed by atoms with Crippen LogP contribution in [0.1, 0.15) is 42.7 Å². The minimum Gasteiger partial charge on any atom is -0.465 e. The Balaban J connectivity index is 1.47. The van der Waals surface area contributed by atoms with Crippen LogP contribution in [0.5, 0.6) is 0 Å². The quantitative estimate of drug-likeness (QED) is 0.441. The number of halogens is 1. The number of hydrogen-bond donors (Lipinski definition) is 3. The number of likely N-dealkylation sites (tertiary alicyclic amines) is 2. The van der Waals surface area contributed by atoms with E-state index in [2.05, 4.69) is 10.0 Å². The van der Waals surface area contributed by atoms with Crippen molar-refractivity contribution in [3.8, 4) is 0 Å². The Hall–Kier alpha value is -3.31. The smallest absolute Gasteiger partial charge is 0.407 e. The van der Waals surface area contributed by atoms with E-state index in [0.717, 1.165) is 22.3 Å². The predicted octanol–water partition coefficient (Wildman–Crippen LogP) is 3.29. The van der Waals surface area contributed by atoms with Crippen molar-refractivity contribution in [2.45, 2.75) is 50.1 Å². The average Bonchev–Trinajstić information content (AvgIpc) is 3.39. The van der Waals surface area contributed by atoms with Crippen molar-refractivity contribution in [1.82, 2.24) is 15.1 Å². The molecule has 3 amide bonds. The Bertz CT molecular complexity index is 1310. The fourth-order valence-corrected chi connectivity index (χ4v) is 6.08. The van der Waals surface area contributed by atoms with Gasteiger partial charge in [-0.15, -0.1) is 0 Å². The lowest BCUT2D eigenvalue weighted by Gasteiger charge is -2.35. The number of anilines is 1. The summed E-state index contributed by atoms with van der Waals surface area (Å²) in [6, 6.07) is 12.6. The number of carbonyl (C=O) groups excluding carboxylic acids is 2. The predicted molar refractivity (Wildman–Crippen MR) is 148 cm³/mol. The summed E-state index contributed by atoms with van der Waals surface area (Å²) in [7, 11) is -3.44. The molecule has 0 bridgehead atoms. The van der Waals surface area contributed by atoms with Crippen LogP contribution >= 0.6 is 11.6 Å². The highest BCUT2D eigenvalue weighted by molar-refractivity contribution is 7.92. The molecule has 12 heteroatoms. The van der Waals surface area contributed by atoms with Gasteiger partial charge in [0, 0.05) is 31.1 Å². The standard InChI is InChI=1S/C27H33ClN4O6S/c1-39(37,38)30-22-6-3-2-5-21(22)19-12-15-31(16-13-19)26(34)23(17-18-8-10-20(28)11-9-18)29-25(33)24-7-4-14-32(24)27(35)36/h2-3,5-6,8-11,19,23-24,30H,4,7,12-17H2,1H3,(H,29,33)(H,35,36)/t23-,24+/m1/s1. The molecule has 39 heavy (non-hydrogen) atoms. The number of piperidine rings is 1. The molecule has 2 fully saturated rings. The van der Waals surface area contributed by atoms with Crippen LogP contribution in [0, 0.1) is 0 Å². The summed E-state index contributed by atoms with van der Waals surface area (Å²) in [4.78, 5) is 41.2. The molecular weight excluding hydrogens is 544 g/mol. The molecule has 210 valence electrons. The van der Waals surface area contributed by atoms with Crippen molar-refractivity contribution in [3.63, 3.8) is 0 Å². The highest BCUT2D eigenvalue weighted by Crippen LogP contribution is 2.33. The summed E-state index contributed by atoms with van der Waals surface area (Å²) in [6.07, 6.45) is 2.46. The van der Waals surface area contributed by atoms with Gasteiger partial charge in [0.05, 0.1) is 11.9 Å². The van der Waals surface area contributed by atoms with Gasteiger partial charge >= 0.3 is 6.09 Å². The average molecular weight is 577 g/mol. The van der Waals surface area contributed by atoms with Gasteiger partial charge in [0.15, 0.2) is 0 Å². The highest BCUT2D eigenvalue weighted by atomic mass is 35.5. The Labute approximate surface area is 233 Å². The first kappa shape index (κ1) is 28.7. The number of hydrogen-bond acceptors (Lipinski definition) is 5. The number of carboxylic acid groups (broad SMARTS) is 1. The van der Waals surface area contributed by atoms with Crippen LogP contribution in [-0.2, 0) is 26.0 Å². The lowest BCUT2D eigenvalue weighted by atomic mass is 9.88.